The molecule has 0 fully saturated rings. The molecule has 2 aromatic rings. The van der Waals surface area contributed by atoms with E-state index in [0.717, 1.165) is 24.8 Å². The lowest BCUT2D eigenvalue weighted by molar-refractivity contribution is 0.0953. The van der Waals surface area contributed by atoms with Gasteiger partial charge in [-0.15, -0.1) is 0 Å². The molecule has 1 amide bonds. The Hall–Kier alpha value is -2.43. The van der Waals surface area contributed by atoms with E-state index in [4.69, 9.17) is 0 Å². The van der Waals surface area contributed by atoms with E-state index in [1.165, 1.54) is 0 Å². The van der Waals surface area contributed by atoms with Crippen molar-refractivity contribution >= 4 is 11.7 Å². The summed E-state index contributed by atoms with van der Waals surface area (Å²) in [5.41, 5.74) is 1.69. The number of amides is 1. The smallest absolute Gasteiger partial charge is 0.251 e. The molecule has 0 radical (unpaired) electrons. The number of nitrogens with one attached hydrogen (secondary N) is 2. The monoisotopic (exact) mass is 298 g/mol. The van der Waals surface area contributed by atoms with Crippen LogP contribution < -0.4 is 10.6 Å². The number of anilines is 1. The standard InChI is InChI=1S/C17H22N4O/c1-2-3-4-9-20-17(22)15-7-10-19-16(11-15)21-13-14-6-5-8-18-12-14/h5-8,10-12H,2-4,9,13H2,1H3,(H,19,21)(H,20,22). The molecule has 5 heteroatoms. The molecule has 0 saturated carbocycles. The summed E-state index contributed by atoms with van der Waals surface area (Å²) in [7, 11) is 0. The second kappa shape index (κ2) is 8.77. The van der Waals surface area contributed by atoms with Crippen LogP contribution in [-0.2, 0) is 6.54 Å². The first-order valence-electron chi connectivity index (χ1n) is 7.66. The summed E-state index contributed by atoms with van der Waals surface area (Å²) in [6.45, 7) is 3.49. The summed E-state index contributed by atoms with van der Waals surface area (Å²) in [5, 5.41) is 6.13. The molecule has 2 aromatic heterocycles. The zero-order valence-corrected chi connectivity index (χ0v) is 12.9. The Morgan fingerprint density at radius 3 is 2.91 bits per heavy atom. The molecule has 22 heavy (non-hydrogen) atoms. The molecule has 2 N–H and O–H groups in total. The molecule has 0 aliphatic heterocycles. The maximum atomic E-state index is 12.1. The fourth-order valence-corrected chi connectivity index (χ4v) is 2.04. The first-order chi connectivity index (χ1) is 10.8. The van der Waals surface area contributed by atoms with E-state index in [0.29, 0.717) is 24.5 Å². The van der Waals surface area contributed by atoms with E-state index in [2.05, 4.69) is 27.5 Å². The Morgan fingerprint density at radius 2 is 2.14 bits per heavy atom. The van der Waals surface area contributed by atoms with Gasteiger partial charge in [0.05, 0.1) is 0 Å². The highest BCUT2D eigenvalue weighted by molar-refractivity contribution is 5.94. The predicted octanol–water partition coefficient (Wildman–Crippen LogP) is 3.01. The first-order valence-corrected chi connectivity index (χ1v) is 7.66. The Balaban J connectivity index is 1.87. The molecule has 116 valence electrons. The maximum absolute atomic E-state index is 12.1. The van der Waals surface area contributed by atoms with Crippen LogP contribution in [0.5, 0.6) is 0 Å². The van der Waals surface area contributed by atoms with Gasteiger partial charge in [0.15, 0.2) is 0 Å². The van der Waals surface area contributed by atoms with Gasteiger partial charge in [0.1, 0.15) is 5.82 Å². The van der Waals surface area contributed by atoms with Crippen molar-refractivity contribution in [2.24, 2.45) is 0 Å². The summed E-state index contributed by atoms with van der Waals surface area (Å²) in [5.74, 6) is 0.632. The van der Waals surface area contributed by atoms with Gasteiger partial charge in [-0.3, -0.25) is 9.78 Å². The quantitative estimate of drug-likeness (QED) is 0.735. The number of rotatable bonds is 8. The molecule has 0 atom stereocenters. The Morgan fingerprint density at radius 1 is 1.23 bits per heavy atom. The largest absolute Gasteiger partial charge is 0.366 e. The fourth-order valence-electron chi connectivity index (χ4n) is 2.04. The van der Waals surface area contributed by atoms with Crippen LogP contribution in [0.4, 0.5) is 5.82 Å². The number of nitrogens with zero attached hydrogens (tertiary/aromatic N) is 2. The topological polar surface area (TPSA) is 66.9 Å². The molecule has 0 aromatic carbocycles. The molecule has 0 bridgehead atoms. The van der Waals surface area contributed by atoms with Gasteiger partial charge in [0, 0.05) is 37.2 Å². The van der Waals surface area contributed by atoms with Crippen molar-refractivity contribution in [3.63, 3.8) is 0 Å². The molecule has 0 unspecified atom stereocenters. The molecule has 0 aliphatic rings. The third-order valence-corrected chi connectivity index (χ3v) is 3.28. The van der Waals surface area contributed by atoms with Crippen molar-refractivity contribution in [3.05, 3.63) is 54.0 Å². The highest BCUT2D eigenvalue weighted by Gasteiger charge is 2.06. The predicted molar refractivity (Wildman–Crippen MR) is 87.7 cm³/mol. The SMILES string of the molecule is CCCCCNC(=O)c1ccnc(NCc2cccnc2)c1. The first kappa shape index (κ1) is 15.9. The second-order valence-electron chi connectivity index (χ2n) is 5.11. The van der Waals surface area contributed by atoms with Gasteiger partial charge in [-0.25, -0.2) is 4.98 Å². The second-order valence-corrected chi connectivity index (χ2v) is 5.11. The summed E-state index contributed by atoms with van der Waals surface area (Å²) < 4.78 is 0. The van der Waals surface area contributed by atoms with Gasteiger partial charge in [0.25, 0.3) is 5.91 Å². The van der Waals surface area contributed by atoms with Gasteiger partial charge in [-0.2, -0.15) is 0 Å². The van der Waals surface area contributed by atoms with E-state index in [1.54, 1.807) is 30.7 Å². The summed E-state index contributed by atoms with van der Waals surface area (Å²) >= 11 is 0. The molecule has 0 spiro atoms. The molecular formula is C17H22N4O. The van der Waals surface area contributed by atoms with Crippen LogP contribution in [0.25, 0.3) is 0 Å². The van der Waals surface area contributed by atoms with Crippen LogP contribution in [0.3, 0.4) is 0 Å². The summed E-state index contributed by atoms with van der Waals surface area (Å²) in [6.07, 6.45) is 8.48. The third-order valence-electron chi connectivity index (χ3n) is 3.28. The number of pyridine rings is 2. The summed E-state index contributed by atoms with van der Waals surface area (Å²) in [4.78, 5) is 20.4. The number of aromatic nitrogens is 2. The van der Waals surface area contributed by atoms with Crippen molar-refractivity contribution < 1.29 is 4.79 Å². The van der Waals surface area contributed by atoms with Gasteiger partial charge in [-0.1, -0.05) is 25.8 Å². The highest BCUT2D eigenvalue weighted by Crippen LogP contribution is 2.08. The van der Waals surface area contributed by atoms with Crippen molar-refractivity contribution in [1.29, 1.82) is 0 Å². The van der Waals surface area contributed by atoms with E-state index in [9.17, 15) is 4.79 Å². The average molecular weight is 298 g/mol. The van der Waals surface area contributed by atoms with Crippen molar-refractivity contribution in [2.45, 2.75) is 32.7 Å². The van der Waals surface area contributed by atoms with E-state index in [-0.39, 0.29) is 5.91 Å². The number of carbonyl (C=O) groups excluding carboxylic acids is 1. The summed E-state index contributed by atoms with van der Waals surface area (Å²) in [6, 6.07) is 7.38. The van der Waals surface area contributed by atoms with Gasteiger partial charge in [0.2, 0.25) is 0 Å². The lowest BCUT2D eigenvalue weighted by atomic mass is 10.2. The van der Waals surface area contributed by atoms with Crippen LogP contribution >= 0.6 is 0 Å². The van der Waals surface area contributed by atoms with E-state index < -0.39 is 0 Å². The zero-order valence-electron chi connectivity index (χ0n) is 12.9. The van der Waals surface area contributed by atoms with Crippen LogP contribution in [0, 0.1) is 0 Å². The minimum Gasteiger partial charge on any atom is -0.366 e. The van der Waals surface area contributed by atoms with Crippen LogP contribution in [0.2, 0.25) is 0 Å². The molecule has 2 heterocycles. The fraction of sp³-hybridized carbons (Fsp3) is 0.353. The number of unbranched alkanes of at least 4 members (excludes halogenated alkanes) is 2. The van der Waals surface area contributed by atoms with Gasteiger partial charge in [-0.05, 0) is 30.2 Å². The van der Waals surface area contributed by atoms with Crippen LogP contribution in [0.15, 0.2) is 42.9 Å². The van der Waals surface area contributed by atoms with Crippen LogP contribution in [-0.4, -0.2) is 22.4 Å². The minimum absolute atomic E-state index is 0.0528. The number of carbonyl (C=O) groups is 1. The average Bonchev–Trinajstić information content (AvgIpc) is 2.58. The highest BCUT2D eigenvalue weighted by atomic mass is 16.1. The normalized spacial score (nSPS) is 10.2. The molecule has 5 nitrogen and oxygen atoms in total. The van der Waals surface area contributed by atoms with Crippen molar-refractivity contribution in [1.82, 2.24) is 15.3 Å². The van der Waals surface area contributed by atoms with Crippen molar-refractivity contribution in [3.8, 4) is 0 Å². The van der Waals surface area contributed by atoms with Crippen LogP contribution in [0.1, 0.15) is 42.1 Å². The molecular weight excluding hydrogens is 276 g/mol. The Labute approximate surface area is 131 Å². The lowest BCUT2D eigenvalue weighted by Crippen LogP contribution is -2.24. The maximum Gasteiger partial charge on any atom is 0.251 e. The number of hydrogen-bond acceptors (Lipinski definition) is 4. The van der Waals surface area contributed by atoms with Gasteiger partial charge >= 0.3 is 0 Å². The Kier molecular flexibility index (Phi) is 6.36. The molecule has 0 saturated heterocycles. The van der Waals surface area contributed by atoms with E-state index >= 15 is 0 Å². The van der Waals surface area contributed by atoms with Crippen molar-refractivity contribution in [2.75, 3.05) is 11.9 Å². The van der Waals surface area contributed by atoms with E-state index in [1.807, 2.05) is 12.1 Å². The third kappa shape index (κ3) is 5.16. The molecule has 0 aliphatic carbocycles. The Bertz CT molecular complexity index is 586. The molecule has 2 rings (SSSR count). The zero-order chi connectivity index (χ0) is 15.6. The van der Waals surface area contributed by atoms with Gasteiger partial charge < -0.3 is 10.6 Å². The number of hydrogen-bond donors (Lipinski definition) is 2. The minimum atomic E-state index is -0.0528. The lowest BCUT2D eigenvalue weighted by Gasteiger charge is -2.08.